The van der Waals surface area contributed by atoms with Gasteiger partial charge in [0.15, 0.2) is 5.82 Å². The van der Waals surface area contributed by atoms with Crippen LogP contribution in [0.25, 0.3) is 10.8 Å². The van der Waals surface area contributed by atoms with Gasteiger partial charge in [0.05, 0.1) is 19.0 Å². The van der Waals surface area contributed by atoms with Crippen molar-refractivity contribution in [3.8, 4) is 0 Å². The first-order valence-electron chi connectivity index (χ1n) is 8.98. The fourth-order valence-corrected chi connectivity index (χ4v) is 3.60. The Bertz CT molecular complexity index is 951. The maximum atomic E-state index is 12.5. The highest BCUT2D eigenvalue weighted by atomic mass is 16.2. The van der Waals surface area contributed by atoms with E-state index in [1.807, 2.05) is 42.5 Å². The topological polar surface area (TPSA) is 104 Å². The smallest absolute Gasteiger partial charge is 0.242 e. The SMILES string of the molecule is O=C(Cc1cccc2ccccc12)NCC(=O)N1CCCC1c1nn[nH]n1. The summed E-state index contributed by atoms with van der Waals surface area (Å²) in [5.74, 6) is 0.214. The molecule has 0 radical (unpaired) electrons. The summed E-state index contributed by atoms with van der Waals surface area (Å²) >= 11 is 0. The lowest BCUT2D eigenvalue weighted by atomic mass is 10.0. The fourth-order valence-electron chi connectivity index (χ4n) is 3.60. The number of amides is 2. The second kappa shape index (κ2) is 7.53. The van der Waals surface area contributed by atoms with Gasteiger partial charge in [-0.2, -0.15) is 5.21 Å². The maximum Gasteiger partial charge on any atom is 0.242 e. The molecule has 3 aromatic rings. The number of nitrogens with one attached hydrogen (secondary N) is 2. The molecule has 0 spiro atoms. The zero-order valence-electron chi connectivity index (χ0n) is 14.8. The predicted molar refractivity (Wildman–Crippen MR) is 98.5 cm³/mol. The Kier molecular flexibility index (Phi) is 4.78. The van der Waals surface area contributed by atoms with Crippen molar-refractivity contribution in [1.29, 1.82) is 0 Å². The third-order valence-corrected chi connectivity index (χ3v) is 4.90. The van der Waals surface area contributed by atoms with Crippen LogP contribution in [0.15, 0.2) is 42.5 Å². The van der Waals surface area contributed by atoms with E-state index in [1.54, 1.807) is 4.90 Å². The normalized spacial score (nSPS) is 16.6. The van der Waals surface area contributed by atoms with Crippen LogP contribution in [0.2, 0.25) is 0 Å². The largest absolute Gasteiger partial charge is 0.347 e. The molecule has 2 amide bonds. The van der Waals surface area contributed by atoms with Crippen LogP contribution in [0.5, 0.6) is 0 Å². The van der Waals surface area contributed by atoms with E-state index >= 15 is 0 Å². The Balaban J connectivity index is 1.37. The van der Waals surface area contributed by atoms with Gasteiger partial charge in [0.25, 0.3) is 0 Å². The van der Waals surface area contributed by atoms with Crippen LogP contribution in [0, 0.1) is 0 Å². The highest BCUT2D eigenvalue weighted by Gasteiger charge is 2.32. The Morgan fingerprint density at radius 1 is 1.19 bits per heavy atom. The number of hydrogen-bond donors (Lipinski definition) is 2. The molecule has 1 fully saturated rings. The first-order valence-corrected chi connectivity index (χ1v) is 8.98. The minimum Gasteiger partial charge on any atom is -0.347 e. The maximum absolute atomic E-state index is 12.5. The third kappa shape index (κ3) is 3.64. The molecular formula is C19H20N6O2. The molecule has 1 aliphatic heterocycles. The minimum absolute atomic E-state index is 0.0298. The summed E-state index contributed by atoms with van der Waals surface area (Å²) in [5, 5.41) is 18.8. The number of tetrazole rings is 1. The molecule has 8 heteroatoms. The van der Waals surface area contributed by atoms with Crippen molar-refractivity contribution in [2.75, 3.05) is 13.1 Å². The lowest BCUT2D eigenvalue weighted by molar-refractivity contribution is -0.133. The molecule has 4 rings (SSSR count). The molecule has 0 bridgehead atoms. The van der Waals surface area contributed by atoms with Crippen molar-refractivity contribution < 1.29 is 9.59 Å². The molecular weight excluding hydrogens is 344 g/mol. The van der Waals surface area contributed by atoms with E-state index in [-0.39, 0.29) is 30.8 Å². The van der Waals surface area contributed by atoms with E-state index in [1.165, 1.54) is 0 Å². The van der Waals surface area contributed by atoms with Crippen molar-refractivity contribution in [1.82, 2.24) is 30.8 Å². The molecule has 1 aliphatic rings. The number of benzene rings is 2. The molecule has 1 atom stereocenters. The summed E-state index contributed by atoms with van der Waals surface area (Å²) in [6, 6.07) is 13.7. The summed E-state index contributed by atoms with van der Waals surface area (Å²) in [7, 11) is 0. The van der Waals surface area contributed by atoms with E-state index in [9.17, 15) is 9.59 Å². The Morgan fingerprint density at radius 3 is 2.89 bits per heavy atom. The van der Waals surface area contributed by atoms with E-state index in [4.69, 9.17) is 0 Å². The second-order valence-corrected chi connectivity index (χ2v) is 6.61. The van der Waals surface area contributed by atoms with Crippen LogP contribution in [-0.4, -0.2) is 50.4 Å². The number of fused-ring (bicyclic) bond motifs is 1. The number of rotatable bonds is 5. The predicted octanol–water partition coefficient (Wildman–Crippen LogP) is 1.38. The first-order chi connectivity index (χ1) is 13.2. The van der Waals surface area contributed by atoms with E-state index in [0.717, 1.165) is 29.2 Å². The van der Waals surface area contributed by atoms with E-state index in [0.29, 0.717) is 12.4 Å². The number of H-pyrrole nitrogens is 1. The highest BCUT2D eigenvalue weighted by molar-refractivity contribution is 5.91. The number of likely N-dealkylation sites (tertiary alicyclic amines) is 1. The van der Waals surface area contributed by atoms with Gasteiger partial charge in [0, 0.05) is 6.54 Å². The lowest BCUT2D eigenvalue weighted by Crippen LogP contribution is -2.40. The van der Waals surface area contributed by atoms with Crippen LogP contribution in [0.4, 0.5) is 0 Å². The Labute approximate surface area is 155 Å². The van der Waals surface area contributed by atoms with Crippen molar-refractivity contribution in [3.63, 3.8) is 0 Å². The lowest BCUT2D eigenvalue weighted by Gasteiger charge is -2.22. The van der Waals surface area contributed by atoms with Gasteiger partial charge in [0.2, 0.25) is 11.8 Å². The molecule has 1 unspecified atom stereocenters. The fraction of sp³-hybridized carbons (Fsp3) is 0.316. The molecule has 2 heterocycles. The molecule has 27 heavy (non-hydrogen) atoms. The molecule has 0 saturated carbocycles. The molecule has 8 nitrogen and oxygen atoms in total. The molecule has 1 aromatic heterocycles. The third-order valence-electron chi connectivity index (χ3n) is 4.90. The molecule has 2 aromatic carbocycles. The summed E-state index contributed by atoms with van der Waals surface area (Å²) in [6.07, 6.45) is 1.92. The van der Waals surface area contributed by atoms with Crippen LogP contribution in [0.1, 0.15) is 30.3 Å². The van der Waals surface area contributed by atoms with Gasteiger partial charge in [-0.3, -0.25) is 9.59 Å². The standard InChI is InChI=1S/C19H20N6O2/c26-17(11-14-7-3-6-13-5-1-2-8-15(13)14)20-12-18(27)25-10-4-9-16(25)19-21-23-24-22-19/h1-3,5-8,16H,4,9-12H2,(H,20,26)(H,21,22,23,24). The monoisotopic (exact) mass is 364 g/mol. The van der Waals surface area contributed by atoms with Crippen molar-refractivity contribution in [2.45, 2.75) is 25.3 Å². The van der Waals surface area contributed by atoms with Gasteiger partial charge in [-0.25, -0.2) is 0 Å². The van der Waals surface area contributed by atoms with Crippen LogP contribution < -0.4 is 5.32 Å². The van der Waals surface area contributed by atoms with Gasteiger partial charge in [-0.15, -0.1) is 10.2 Å². The quantitative estimate of drug-likeness (QED) is 0.712. The van der Waals surface area contributed by atoms with Crippen molar-refractivity contribution in [3.05, 3.63) is 53.9 Å². The van der Waals surface area contributed by atoms with Crippen LogP contribution in [-0.2, 0) is 16.0 Å². The number of nitrogens with zero attached hydrogens (tertiary/aromatic N) is 4. The van der Waals surface area contributed by atoms with Crippen LogP contribution in [0.3, 0.4) is 0 Å². The molecule has 138 valence electrons. The zero-order chi connectivity index (χ0) is 18.6. The number of carbonyl (C=O) groups is 2. The first kappa shape index (κ1) is 17.1. The number of carbonyl (C=O) groups excluding carboxylic acids is 2. The van der Waals surface area contributed by atoms with E-state index < -0.39 is 0 Å². The summed E-state index contributed by atoms with van der Waals surface area (Å²) in [6.45, 7) is 0.606. The van der Waals surface area contributed by atoms with Gasteiger partial charge in [-0.05, 0) is 29.2 Å². The van der Waals surface area contributed by atoms with Crippen LogP contribution >= 0.6 is 0 Å². The molecule has 1 saturated heterocycles. The van der Waals surface area contributed by atoms with Gasteiger partial charge in [-0.1, -0.05) is 47.7 Å². The number of aromatic nitrogens is 4. The summed E-state index contributed by atoms with van der Waals surface area (Å²) in [5.41, 5.74) is 0.948. The summed E-state index contributed by atoms with van der Waals surface area (Å²) in [4.78, 5) is 26.6. The highest BCUT2D eigenvalue weighted by Crippen LogP contribution is 2.29. The van der Waals surface area contributed by atoms with Crippen molar-refractivity contribution in [2.24, 2.45) is 0 Å². The van der Waals surface area contributed by atoms with Gasteiger partial charge < -0.3 is 10.2 Å². The average molecular weight is 364 g/mol. The number of hydrogen-bond acceptors (Lipinski definition) is 5. The minimum atomic E-state index is -0.175. The van der Waals surface area contributed by atoms with Crippen molar-refractivity contribution >= 4 is 22.6 Å². The zero-order valence-corrected chi connectivity index (χ0v) is 14.8. The summed E-state index contributed by atoms with van der Waals surface area (Å²) < 4.78 is 0. The number of aromatic amines is 1. The molecule has 0 aliphatic carbocycles. The molecule has 2 N–H and O–H groups in total. The average Bonchev–Trinajstić information content (AvgIpc) is 3.37. The Morgan fingerprint density at radius 2 is 2.04 bits per heavy atom. The van der Waals surface area contributed by atoms with Gasteiger partial charge in [0.1, 0.15) is 0 Å². The van der Waals surface area contributed by atoms with E-state index in [2.05, 4.69) is 25.9 Å². The second-order valence-electron chi connectivity index (χ2n) is 6.61. The van der Waals surface area contributed by atoms with Gasteiger partial charge >= 0.3 is 0 Å². The Hall–Kier alpha value is -3.29.